The van der Waals surface area contributed by atoms with E-state index in [9.17, 15) is 13.6 Å². The summed E-state index contributed by atoms with van der Waals surface area (Å²) in [7, 11) is 2.63. The zero-order valence-corrected chi connectivity index (χ0v) is 12.5. The van der Waals surface area contributed by atoms with Crippen molar-refractivity contribution < 1.29 is 28.2 Å². The number of halogens is 3. The van der Waals surface area contributed by atoms with E-state index >= 15 is 0 Å². The van der Waals surface area contributed by atoms with Gasteiger partial charge in [-0.2, -0.15) is 0 Å². The van der Waals surface area contributed by atoms with E-state index in [-0.39, 0.29) is 41.3 Å². The van der Waals surface area contributed by atoms with Crippen LogP contribution in [0.5, 0.6) is 11.5 Å². The van der Waals surface area contributed by atoms with Crippen molar-refractivity contribution in [3.63, 3.8) is 0 Å². The second kappa shape index (κ2) is 7.45. The molecule has 0 saturated carbocycles. The van der Waals surface area contributed by atoms with Gasteiger partial charge in [0.15, 0.2) is 0 Å². The van der Waals surface area contributed by atoms with Crippen molar-refractivity contribution >= 4 is 17.6 Å². The van der Waals surface area contributed by atoms with Crippen molar-refractivity contribution in [1.29, 1.82) is 0 Å². The second-order valence-corrected chi connectivity index (χ2v) is 4.85. The molecule has 0 radical (unpaired) electrons. The lowest BCUT2D eigenvalue weighted by molar-refractivity contribution is -0.137. The Kier molecular flexibility index (Phi) is 6.20. The Bertz CT molecular complexity index is 506. The smallest absolute Gasteiger partial charge is 0.303 e. The van der Waals surface area contributed by atoms with Gasteiger partial charge in [0.2, 0.25) is 0 Å². The minimum Gasteiger partial charge on any atom is -0.495 e. The lowest BCUT2D eigenvalue weighted by Gasteiger charge is -2.21. The van der Waals surface area contributed by atoms with Crippen LogP contribution in [0.4, 0.5) is 8.78 Å². The molecule has 1 rings (SSSR count). The minimum absolute atomic E-state index is 0.0114. The Labute approximate surface area is 126 Å². The molecule has 0 fully saturated rings. The van der Waals surface area contributed by atoms with Crippen molar-refractivity contribution in [3.05, 3.63) is 22.7 Å². The molecule has 0 amide bonds. The number of aliphatic carboxylic acids is 1. The highest BCUT2D eigenvalue weighted by molar-refractivity contribution is 6.33. The first-order chi connectivity index (χ1) is 9.83. The van der Waals surface area contributed by atoms with Gasteiger partial charge in [-0.25, -0.2) is 8.78 Å². The first-order valence-corrected chi connectivity index (χ1v) is 6.72. The summed E-state index contributed by atoms with van der Waals surface area (Å²) in [4.78, 5) is 10.4. The number of carboxylic acids is 1. The molecule has 118 valence electrons. The highest BCUT2D eigenvalue weighted by Gasteiger charge is 2.35. The molecular formula is C14H17ClF2O4. The quantitative estimate of drug-likeness (QED) is 0.732. The standard InChI is InChI=1S/C14H17ClF2O4/c1-20-10-7-6-9(13(21-2)12(10)15)14(16,17)8-4-3-5-11(18)19/h6-7H,3-5,8H2,1-2H3,(H,18,19). The molecule has 0 aliphatic carbocycles. The van der Waals surface area contributed by atoms with Crippen molar-refractivity contribution in [2.45, 2.75) is 31.6 Å². The van der Waals surface area contributed by atoms with Gasteiger partial charge in [-0.15, -0.1) is 0 Å². The maximum Gasteiger partial charge on any atom is 0.303 e. The number of hydrogen-bond acceptors (Lipinski definition) is 3. The summed E-state index contributed by atoms with van der Waals surface area (Å²) in [6.07, 6.45) is -0.320. The number of unbranched alkanes of at least 4 members (excludes halogenated alkanes) is 1. The van der Waals surface area contributed by atoms with Crippen LogP contribution in [-0.2, 0) is 10.7 Å². The van der Waals surface area contributed by atoms with Crippen LogP contribution in [0.2, 0.25) is 5.02 Å². The van der Waals surface area contributed by atoms with E-state index in [2.05, 4.69) is 0 Å². The molecule has 0 aliphatic heterocycles. The van der Waals surface area contributed by atoms with Gasteiger partial charge >= 0.3 is 5.97 Å². The van der Waals surface area contributed by atoms with Gasteiger partial charge in [-0.3, -0.25) is 4.79 Å². The van der Waals surface area contributed by atoms with E-state index in [1.807, 2.05) is 0 Å². The van der Waals surface area contributed by atoms with Gasteiger partial charge in [0.1, 0.15) is 16.5 Å². The van der Waals surface area contributed by atoms with Gasteiger partial charge in [0, 0.05) is 12.8 Å². The maximum atomic E-state index is 14.2. The summed E-state index contributed by atoms with van der Waals surface area (Å²) in [5, 5.41) is 8.49. The van der Waals surface area contributed by atoms with E-state index in [1.54, 1.807) is 0 Å². The number of alkyl halides is 2. The van der Waals surface area contributed by atoms with Gasteiger partial charge in [0.25, 0.3) is 5.92 Å². The normalized spacial score (nSPS) is 11.3. The van der Waals surface area contributed by atoms with E-state index in [0.717, 1.165) is 0 Å². The fraction of sp³-hybridized carbons (Fsp3) is 0.500. The van der Waals surface area contributed by atoms with Crippen LogP contribution in [0.3, 0.4) is 0 Å². The highest BCUT2D eigenvalue weighted by atomic mass is 35.5. The number of benzene rings is 1. The number of ether oxygens (including phenoxy) is 2. The zero-order valence-electron chi connectivity index (χ0n) is 11.8. The molecule has 0 aromatic heterocycles. The van der Waals surface area contributed by atoms with Gasteiger partial charge in [-0.05, 0) is 25.0 Å². The molecule has 7 heteroatoms. The Morgan fingerprint density at radius 1 is 1.29 bits per heavy atom. The molecule has 21 heavy (non-hydrogen) atoms. The summed E-state index contributed by atoms with van der Waals surface area (Å²) in [6.45, 7) is 0. The molecule has 0 spiro atoms. The highest BCUT2D eigenvalue weighted by Crippen LogP contribution is 2.45. The molecule has 0 aliphatic rings. The van der Waals surface area contributed by atoms with Crippen LogP contribution in [0.25, 0.3) is 0 Å². The average molecular weight is 323 g/mol. The number of carboxylic acid groups (broad SMARTS) is 1. The van der Waals surface area contributed by atoms with Crippen LogP contribution < -0.4 is 9.47 Å². The largest absolute Gasteiger partial charge is 0.495 e. The van der Waals surface area contributed by atoms with E-state index in [1.165, 1.54) is 26.4 Å². The SMILES string of the molecule is COc1ccc(C(F)(F)CCCCC(=O)O)c(OC)c1Cl. The van der Waals surface area contributed by atoms with Crippen LogP contribution in [0.15, 0.2) is 12.1 Å². The first-order valence-electron chi connectivity index (χ1n) is 6.34. The fourth-order valence-electron chi connectivity index (χ4n) is 1.94. The van der Waals surface area contributed by atoms with Crippen molar-refractivity contribution in [2.24, 2.45) is 0 Å². The van der Waals surface area contributed by atoms with Gasteiger partial charge in [0.05, 0.1) is 19.8 Å². The molecule has 4 nitrogen and oxygen atoms in total. The maximum absolute atomic E-state index is 14.2. The van der Waals surface area contributed by atoms with Crippen LogP contribution in [-0.4, -0.2) is 25.3 Å². The lowest BCUT2D eigenvalue weighted by atomic mass is 10.0. The lowest BCUT2D eigenvalue weighted by Crippen LogP contribution is -2.15. The fourth-order valence-corrected chi connectivity index (χ4v) is 2.26. The third-order valence-electron chi connectivity index (χ3n) is 3.01. The third-order valence-corrected chi connectivity index (χ3v) is 3.37. The summed E-state index contributed by atoms with van der Waals surface area (Å²) in [5.41, 5.74) is -0.328. The van der Waals surface area contributed by atoms with Gasteiger partial charge in [-0.1, -0.05) is 11.6 Å². The molecule has 0 unspecified atom stereocenters. The molecule has 1 aromatic carbocycles. The monoisotopic (exact) mass is 322 g/mol. The van der Waals surface area contributed by atoms with E-state index in [0.29, 0.717) is 0 Å². The molecule has 1 aromatic rings. The van der Waals surface area contributed by atoms with Crippen molar-refractivity contribution in [3.8, 4) is 11.5 Å². The molecule has 0 bridgehead atoms. The van der Waals surface area contributed by atoms with E-state index < -0.39 is 18.3 Å². The minimum atomic E-state index is -3.15. The number of rotatable bonds is 8. The van der Waals surface area contributed by atoms with Crippen LogP contribution >= 0.6 is 11.6 Å². The van der Waals surface area contributed by atoms with E-state index in [4.69, 9.17) is 26.2 Å². The summed E-state index contributed by atoms with van der Waals surface area (Å²) >= 11 is 5.96. The Morgan fingerprint density at radius 3 is 2.48 bits per heavy atom. The third kappa shape index (κ3) is 4.46. The predicted octanol–water partition coefficient (Wildman–Crippen LogP) is 4.09. The first kappa shape index (κ1) is 17.5. The second-order valence-electron chi connectivity index (χ2n) is 4.47. The zero-order chi connectivity index (χ0) is 16.0. The Hall–Kier alpha value is -1.56. The van der Waals surface area contributed by atoms with Crippen molar-refractivity contribution in [2.75, 3.05) is 14.2 Å². The van der Waals surface area contributed by atoms with Crippen LogP contribution in [0, 0.1) is 0 Å². The molecule has 0 heterocycles. The molecule has 0 saturated heterocycles. The van der Waals surface area contributed by atoms with Gasteiger partial charge < -0.3 is 14.6 Å². The average Bonchev–Trinajstić information content (AvgIpc) is 2.43. The summed E-state index contributed by atoms with van der Waals surface area (Å²) < 4.78 is 38.4. The number of methoxy groups -OCH3 is 2. The topological polar surface area (TPSA) is 55.8 Å². The summed E-state index contributed by atoms with van der Waals surface area (Å²) in [6, 6.07) is 2.56. The van der Waals surface area contributed by atoms with Crippen molar-refractivity contribution in [1.82, 2.24) is 0 Å². The Balaban J connectivity index is 2.91. The Morgan fingerprint density at radius 2 is 1.95 bits per heavy atom. The molecule has 0 atom stereocenters. The van der Waals surface area contributed by atoms with Crippen LogP contribution in [0.1, 0.15) is 31.2 Å². The molecular weight excluding hydrogens is 306 g/mol. The number of hydrogen-bond donors (Lipinski definition) is 1. The molecule has 1 N–H and O–H groups in total. The number of carbonyl (C=O) groups is 1. The summed E-state index contributed by atoms with van der Waals surface area (Å²) in [5.74, 6) is -4.03. The predicted molar refractivity (Wildman–Crippen MR) is 74.6 cm³/mol.